The molecule has 1 unspecified atom stereocenters. The van der Waals surface area contributed by atoms with E-state index in [4.69, 9.17) is 6.42 Å². The Morgan fingerprint density at radius 1 is 1.22 bits per heavy atom. The Morgan fingerprint density at radius 3 is 2.78 bits per heavy atom. The number of carbonyl (C=O) groups excluding carboxylic acids is 1. The van der Waals surface area contributed by atoms with E-state index in [2.05, 4.69) is 12.8 Å². The SMILES string of the molecule is C#C[C@@H]1C[C@@H]2C([C@H](CC)C[C@H]3[C@H]2CCC2=CC(=O)CC[C@@H]23)[C@H]1O. The van der Waals surface area contributed by atoms with E-state index in [1.807, 2.05) is 6.08 Å². The number of fused-ring (bicyclic) bond motifs is 5. The highest BCUT2D eigenvalue weighted by molar-refractivity contribution is 5.91. The van der Waals surface area contributed by atoms with Crippen LogP contribution in [-0.4, -0.2) is 17.0 Å². The maximum Gasteiger partial charge on any atom is 0.155 e. The van der Waals surface area contributed by atoms with Crippen LogP contribution in [-0.2, 0) is 4.79 Å². The fraction of sp³-hybridized carbons (Fsp3) is 0.762. The molecule has 4 rings (SSSR count). The van der Waals surface area contributed by atoms with E-state index in [9.17, 15) is 9.90 Å². The van der Waals surface area contributed by atoms with Gasteiger partial charge in [0, 0.05) is 12.3 Å². The van der Waals surface area contributed by atoms with Crippen LogP contribution in [0, 0.1) is 53.8 Å². The third kappa shape index (κ3) is 2.31. The zero-order valence-corrected chi connectivity index (χ0v) is 14.1. The van der Waals surface area contributed by atoms with Crippen LogP contribution in [0.1, 0.15) is 51.9 Å². The molecule has 124 valence electrons. The highest BCUT2D eigenvalue weighted by Gasteiger charge is 2.55. The summed E-state index contributed by atoms with van der Waals surface area (Å²) in [5.74, 6) is 6.94. The number of allylic oxidation sites excluding steroid dienone is 1. The van der Waals surface area contributed by atoms with E-state index >= 15 is 0 Å². The largest absolute Gasteiger partial charge is 0.392 e. The number of hydrogen-bond acceptors (Lipinski definition) is 2. The monoisotopic (exact) mass is 312 g/mol. The molecule has 0 aliphatic heterocycles. The molecule has 0 bridgehead atoms. The van der Waals surface area contributed by atoms with E-state index in [1.165, 1.54) is 18.4 Å². The van der Waals surface area contributed by atoms with Crippen molar-refractivity contribution < 1.29 is 9.90 Å². The standard InChI is InChI=1S/C21H28O2/c1-3-12-10-18-16-8-6-15(22)9-14(16)5-7-17(18)19-11-13(4-2)21(23)20(12)19/h2,9,12-13,16-21,23H,3,5-8,10-11H2,1H3/t12-,13-,16+,17-,18-,19+,20?,21+/m1/s1. The Morgan fingerprint density at radius 2 is 2.04 bits per heavy atom. The predicted molar refractivity (Wildman–Crippen MR) is 90.4 cm³/mol. The van der Waals surface area contributed by atoms with Crippen LogP contribution >= 0.6 is 0 Å². The molecule has 3 fully saturated rings. The first-order valence-corrected chi connectivity index (χ1v) is 9.51. The summed E-state index contributed by atoms with van der Waals surface area (Å²) in [5.41, 5.74) is 1.43. The highest BCUT2D eigenvalue weighted by atomic mass is 16.3. The van der Waals surface area contributed by atoms with E-state index < -0.39 is 0 Å². The van der Waals surface area contributed by atoms with Gasteiger partial charge in [0.2, 0.25) is 0 Å². The lowest BCUT2D eigenvalue weighted by molar-refractivity contribution is -0.116. The molecule has 4 aliphatic carbocycles. The molecule has 0 amide bonds. The van der Waals surface area contributed by atoms with Gasteiger partial charge in [0.25, 0.3) is 0 Å². The molecule has 0 aromatic rings. The van der Waals surface area contributed by atoms with Crippen molar-refractivity contribution in [3.8, 4) is 12.3 Å². The van der Waals surface area contributed by atoms with Crippen LogP contribution in [0.3, 0.4) is 0 Å². The molecule has 0 spiro atoms. The average Bonchev–Trinajstić information content (AvgIpc) is 2.90. The molecule has 8 atom stereocenters. The topological polar surface area (TPSA) is 37.3 Å². The van der Waals surface area contributed by atoms with E-state index in [0.717, 1.165) is 38.0 Å². The second-order valence-electron chi connectivity index (χ2n) is 8.34. The van der Waals surface area contributed by atoms with Crippen LogP contribution in [0.2, 0.25) is 0 Å². The molecule has 0 aromatic carbocycles. The maximum atomic E-state index is 11.8. The van der Waals surface area contributed by atoms with Crippen LogP contribution < -0.4 is 0 Å². The second-order valence-corrected chi connectivity index (χ2v) is 8.34. The Labute approximate surface area is 139 Å². The minimum Gasteiger partial charge on any atom is -0.392 e. The van der Waals surface area contributed by atoms with E-state index in [1.54, 1.807) is 0 Å². The van der Waals surface area contributed by atoms with Gasteiger partial charge < -0.3 is 5.11 Å². The molecule has 4 aliphatic rings. The van der Waals surface area contributed by atoms with Crippen molar-refractivity contribution in [1.82, 2.24) is 0 Å². The zero-order valence-electron chi connectivity index (χ0n) is 14.1. The Kier molecular flexibility index (Phi) is 3.88. The van der Waals surface area contributed by atoms with Crippen molar-refractivity contribution in [2.24, 2.45) is 41.4 Å². The zero-order chi connectivity index (χ0) is 16.1. The van der Waals surface area contributed by atoms with E-state index in [0.29, 0.717) is 35.4 Å². The maximum absolute atomic E-state index is 11.8. The van der Waals surface area contributed by atoms with Gasteiger partial charge in [0.15, 0.2) is 5.78 Å². The Balaban J connectivity index is 1.65. The first kappa shape index (κ1) is 15.5. The second kappa shape index (κ2) is 5.78. The normalized spacial score (nSPS) is 48.7. The molecule has 1 N–H and O–H groups in total. The summed E-state index contributed by atoms with van der Waals surface area (Å²) in [6, 6.07) is 0. The minimum atomic E-state index is -0.291. The van der Waals surface area contributed by atoms with Gasteiger partial charge in [-0.1, -0.05) is 18.9 Å². The van der Waals surface area contributed by atoms with Crippen LogP contribution in [0.25, 0.3) is 0 Å². The number of ketones is 1. The van der Waals surface area contributed by atoms with Crippen LogP contribution in [0.4, 0.5) is 0 Å². The lowest BCUT2D eigenvalue weighted by Crippen LogP contribution is -2.46. The van der Waals surface area contributed by atoms with E-state index in [-0.39, 0.29) is 12.0 Å². The summed E-state index contributed by atoms with van der Waals surface area (Å²) >= 11 is 0. The molecule has 2 heteroatoms. The summed E-state index contributed by atoms with van der Waals surface area (Å²) in [4.78, 5) is 11.8. The molecule has 3 saturated carbocycles. The number of aliphatic hydroxyl groups excluding tert-OH is 1. The summed E-state index contributed by atoms with van der Waals surface area (Å²) in [5, 5.41) is 10.7. The molecule has 23 heavy (non-hydrogen) atoms. The Bertz CT molecular complexity index is 569. The molecular formula is C21H28O2. The van der Waals surface area contributed by atoms with Crippen molar-refractivity contribution >= 4 is 5.78 Å². The molecule has 0 aromatic heterocycles. The lowest BCUT2D eigenvalue weighted by atomic mass is 9.53. The number of rotatable bonds is 1. The first-order chi connectivity index (χ1) is 11.1. The molecule has 0 saturated heterocycles. The summed E-state index contributed by atoms with van der Waals surface area (Å²) in [6.07, 6.45) is 14.8. The van der Waals surface area contributed by atoms with Gasteiger partial charge in [-0.3, -0.25) is 4.79 Å². The van der Waals surface area contributed by atoms with Gasteiger partial charge in [-0.25, -0.2) is 0 Å². The fourth-order valence-corrected chi connectivity index (χ4v) is 6.64. The summed E-state index contributed by atoms with van der Waals surface area (Å²) < 4.78 is 0. The Hall–Kier alpha value is -1.07. The van der Waals surface area contributed by atoms with Gasteiger partial charge in [-0.2, -0.15) is 0 Å². The van der Waals surface area contributed by atoms with Crippen molar-refractivity contribution in [1.29, 1.82) is 0 Å². The van der Waals surface area contributed by atoms with Crippen molar-refractivity contribution in [3.63, 3.8) is 0 Å². The summed E-state index contributed by atoms with van der Waals surface area (Å²) in [6.45, 7) is 2.27. The first-order valence-electron chi connectivity index (χ1n) is 9.51. The van der Waals surface area contributed by atoms with Gasteiger partial charge in [-0.05, 0) is 73.7 Å². The van der Waals surface area contributed by atoms with Crippen molar-refractivity contribution in [3.05, 3.63) is 11.6 Å². The molecule has 0 radical (unpaired) electrons. The van der Waals surface area contributed by atoms with Gasteiger partial charge >= 0.3 is 0 Å². The number of aliphatic hydroxyl groups is 1. The smallest absolute Gasteiger partial charge is 0.155 e. The van der Waals surface area contributed by atoms with Crippen molar-refractivity contribution in [2.75, 3.05) is 0 Å². The third-order valence-electron chi connectivity index (χ3n) is 7.59. The van der Waals surface area contributed by atoms with Gasteiger partial charge in [0.05, 0.1) is 6.10 Å². The van der Waals surface area contributed by atoms with Crippen LogP contribution in [0.5, 0.6) is 0 Å². The molecular weight excluding hydrogens is 284 g/mol. The minimum absolute atomic E-state index is 0.0580. The molecule has 0 heterocycles. The van der Waals surface area contributed by atoms with Gasteiger partial charge in [0.1, 0.15) is 0 Å². The van der Waals surface area contributed by atoms with Crippen molar-refractivity contribution in [2.45, 2.75) is 58.0 Å². The number of carbonyl (C=O) groups is 1. The third-order valence-corrected chi connectivity index (χ3v) is 7.59. The number of terminal acetylenes is 1. The summed E-state index contributed by atoms with van der Waals surface area (Å²) in [7, 11) is 0. The fourth-order valence-electron chi connectivity index (χ4n) is 6.64. The quantitative estimate of drug-likeness (QED) is 0.751. The average molecular weight is 312 g/mol. The van der Waals surface area contributed by atoms with Gasteiger partial charge in [-0.15, -0.1) is 12.3 Å². The lowest BCUT2D eigenvalue weighted by Gasteiger charge is -2.52. The van der Waals surface area contributed by atoms with Crippen LogP contribution in [0.15, 0.2) is 11.6 Å². The predicted octanol–water partition coefficient (Wildman–Crippen LogP) is 3.59. The number of hydrogen-bond donors (Lipinski definition) is 1. The highest BCUT2D eigenvalue weighted by Crippen LogP contribution is 2.59. The molecule has 2 nitrogen and oxygen atoms in total.